The highest BCUT2D eigenvalue weighted by atomic mass is 32.1. The maximum Gasteiger partial charge on any atom is 0.0362 e. The third kappa shape index (κ3) is 3.86. The molecule has 1 aromatic heterocycles. The molecule has 0 aliphatic carbocycles. The molecular formula is C17H31N3S. The van der Waals surface area contributed by atoms with Crippen molar-refractivity contribution >= 4 is 11.3 Å². The van der Waals surface area contributed by atoms with Crippen LogP contribution in [0.2, 0.25) is 0 Å². The van der Waals surface area contributed by atoms with Gasteiger partial charge >= 0.3 is 0 Å². The Morgan fingerprint density at radius 1 is 1.29 bits per heavy atom. The van der Waals surface area contributed by atoms with Crippen molar-refractivity contribution in [2.45, 2.75) is 64.7 Å². The van der Waals surface area contributed by atoms with Gasteiger partial charge in [-0.2, -0.15) is 0 Å². The average molecular weight is 310 g/mol. The fourth-order valence-corrected chi connectivity index (χ4v) is 4.24. The van der Waals surface area contributed by atoms with E-state index in [2.05, 4.69) is 55.0 Å². The Balaban J connectivity index is 2.12. The SMILES string of the molecule is CC(C)N1CCC(CN)(N(Cc2cccs2)C(C)C)CC1. The second-order valence-electron chi connectivity index (χ2n) is 6.86. The van der Waals surface area contributed by atoms with Crippen molar-refractivity contribution in [2.75, 3.05) is 19.6 Å². The minimum Gasteiger partial charge on any atom is -0.329 e. The van der Waals surface area contributed by atoms with Gasteiger partial charge in [-0.25, -0.2) is 0 Å². The summed E-state index contributed by atoms with van der Waals surface area (Å²) in [7, 11) is 0. The van der Waals surface area contributed by atoms with Crippen LogP contribution in [0.25, 0.3) is 0 Å². The molecule has 120 valence electrons. The molecule has 1 aromatic rings. The lowest BCUT2D eigenvalue weighted by molar-refractivity contribution is -0.00660. The van der Waals surface area contributed by atoms with Gasteiger partial charge in [-0.3, -0.25) is 4.90 Å². The van der Waals surface area contributed by atoms with E-state index in [1.165, 1.54) is 30.8 Å². The molecule has 0 radical (unpaired) electrons. The van der Waals surface area contributed by atoms with Gasteiger partial charge in [0, 0.05) is 48.7 Å². The molecule has 0 aromatic carbocycles. The average Bonchev–Trinajstić information content (AvgIpc) is 2.97. The molecule has 0 saturated carbocycles. The molecule has 2 N–H and O–H groups in total. The number of likely N-dealkylation sites (tertiary alicyclic amines) is 1. The number of nitrogens with zero attached hydrogens (tertiary/aromatic N) is 2. The summed E-state index contributed by atoms with van der Waals surface area (Å²) in [6.07, 6.45) is 2.37. The van der Waals surface area contributed by atoms with Gasteiger partial charge in [0.25, 0.3) is 0 Å². The molecule has 0 amide bonds. The zero-order chi connectivity index (χ0) is 15.5. The van der Waals surface area contributed by atoms with Crippen LogP contribution in [-0.2, 0) is 6.54 Å². The van der Waals surface area contributed by atoms with Gasteiger partial charge < -0.3 is 10.6 Å². The van der Waals surface area contributed by atoms with Crippen molar-refractivity contribution < 1.29 is 0 Å². The molecule has 4 heteroatoms. The van der Waals surface area contributed by atoms with Gasteiger partial charge in [0.05, 0.1) is 0 Å². The summed E-state index contributed by atoms with van der Waals surface area (Å²) in [6.45, 7) is 13.3. The summed E-state index contributed by atoms with van der Waals surface area (Å²) in [6, 6.07) is 5.56. The first-order chi connectivity index (χ1) is 9.98. The molecule has 1 fully saturated rings. The Morgan fingerprint density at radius 2 is 1.95 bits per heavy atom. The van der Waals surface area contributed by atoms with Crippen LogP contribution >= 0.6 is 11.3 Å². The highest BCUT2D eigenvalue weighted by molar-refractivity contribution is 7.09. The van der Waals surface area contributed by atoms with Crippen LogP contribution in [0.3, 0.4) is 0 Å². The summed E-state index contributed by atoms with van der Waals surface area (Å²) in [4.78, 5) is 6.68. The first kappa shape index (κ1) is 16.9. The lowest BCUT2D eigenvalue weighted by Crippen LogP contribution is -2.61. The highest BCUT2D eigenvalue weighted by Gasteiger charge is 2.40. The minimum atomic E-state index is 0.170. The van der Waals surface area contributed by atoms with Crippen molar-refractivity contribution in [3.05, 3.63) is 22.4 Å². The molecule has 1 aliphatic heterocycles. The quantitative estimate of drug-likeness (QED) is 0.876. The van der Waals surface area contributed by atoms with E-state index in [0.29, 0.717) is 12.1 Å². The van der Waals surface area contributed by atoms with Crippen molar-refractivity contribution in [2.24, 2.45) is 5.73 Å². The molecule has 1 aliphatic rings. The van der Waals surface area contributed by atoms with Gasteiger partial charge in [0.1, 0.15) is 0 Å². The maximum atomic E-state index is 6.27. The lowest BCUT2D eigenvalue weighted by Gasteiger charge is -2.51. The molecule has 21 heavy (non-hydrogen) atoms. The van der Waals surface area contributed by atoms with E-state index in [1.807, 2.05) is 11.3 Å². The number of rotatable bonds is 6. The molecule has 0 unspecified atom stereocenters. The fourth-order valence-electron chi connectivity index (χ4n) is 3.53. The zero-order valence-corrected chi connectivity index (χ0v) is 14.8. The predicted molar refractivity (Wildman–Crippen MR) is 92.7 cm³/mol. The first-order valence-electron chi connectivity index (χ1n) is 8.22. The summed E-state index contributed by atoms with van der Waals surface area (Å²) in [5.41, 5.74) is 6.44. The molecular weight excluding hydrogens is 278 g/mol. The van der Waals surface area contributed by atoms with Crippen molar-refractivity contribution in [1.29, 1.82) is 0 Å². The van der Waals surface area contributed by atoms with Crippen molar-refractivity contribution in [1.82, 2.24) is 9.80 Å². The zero-order valence-electron chi connectivity index (χ0n) is 14.0. The van der Waals surface area contributed by atoms with Crippen LogP contribution in [0.4, 0.5) is 0 Å². The largest absolute Gasteiger partial charge is 0.329 e. The van der Waals surface area contributed by atoms with Crippen molar-refractivity contribution in [3.63, 3.8) is 0 Å². The smallest absolute Gasteiger partial charge is 0.0362 e. The third-order valence-electron chi connectivity index (χ3n) is 4.98. The van der Waals surface area contributed by atoms with Gasteiger partial charge in [-0.05, 0) is 52.0 Å². The van der Waals surface area contributed by atoms with Gasteiger partial charge in [0.2, 0.25) is 0 Å². The second kappa shape index (κ2) is 7.23. The lowest BCUT2D eigenvalue weighted by atomic mass is 9.84. The van der Waals surface area contributed by atoms with Gasteiger partial charge in [-0.15, -0.1) is 11.3 Å². The summed E-state index contributed by atoms with van der Waals surface area (Å²) in [5.74, 6) is 0. The molecule has 0 atom stereocenters. The van der Waals surface area contributed by atoms with E-state index < -0.39 is 0 Å². The molecule has 2 rings (SSSR count). The Bertz CT molecular complexity index is 406. The summed E-state index contributed by atoms with van der Waals surface area (Å²) < 4.78 is 0. The van der Waals surface area contributed by atoms with Crippen LogP contribution in [0.15, 0.2) is 17.5 Å². The van der Waals surface area contributed by atoms with Gasteiger partial charge in [-0.1, -0.05) is 6.07 Å². The van der Waals surface area contributed by atoms with E-state index in [1.54, 1.807) is 0 Å². The maximum absolute atomic E-state index is 6.27. The molecule has 3 nitrogen and oxygen atoms in total. The van der Waals surface area contributed by atoms with Crippen LogP contribution in [0, 0.1) is 0 Å². The molecule has 0 bridgehead atoms. The van der Waals surface area contributed by atoms with Crippen molar-refractivity contribution in [3.8, 4) is 0 Å². The number of hydrogen-bond acceptors (Lipinski definition) is 4. The third-order valence-corrected chi connectivity index (χ3v) is 5.84. The van der Waals surface area contributed by atoms with E-state index in [-0.39, 0.29) is 5.54 Å². The Morgan fingerprint density at radius 3 is 2.38 bits per heavy atom. The first-order valence-corrected chi connectivity index (χ1v) is 9.10. The Hall–Kier alpha value is -0.420. The van der Waals surface area contributed by atoms with Crippen LogP contribution in [0.1, 0.15) is 45.4 Å². The Kier molecular flexibility index (Phi) is 5.83. The predicted octanol–water partition coefficient (Wildman–Crippen LogP) is 3.16. The van der Waals surface area contributed by atoms with Crippen LogP contribution < -0.4 is 5.73 Å². The van der Waals surface area contributed by atoms with Crippen LogP contribution in [-0.4, -0.2) is 47.1 Å². The van der Waals surface area contributed by atoms with E-state index in [9.17, 15) is 0 Å². The fraction of sp³-hybridized carbons (Fsp3) is 0.765. The van der Waals surface area contributed by atoms with E-state index in [4.69, 9.17) is 5.73 Å². The molecule has 1 saturated heterocycles. The van der Waals surface area contributed by atoms with E-state index in [0.717, 1.165) is 13.1 Å². The highest BCUT2D eigenvalue weighted by Crippen LogP contribution is 2.32. The Labute approximate surface area is 134 Å². The minimum absolute atomic E-state index is 0.170. The topological polar surface area (TPSA) is 32.5 Å². The number of thiophene rings is 1. The monoisotopic (exact) mass is 309 g/mol. The summed E-state index contributed by atoms with van der Waals surface area (Å²) >= 11 is 1.85. The summed E-state index contributed by atoms with van der Waals surface area (Å²) in [5, 5.41) is 2.17. The molecule has 2 heterocycles. The van der Waals surface area contributed by atoms with Gasteiger partial charge in [0.15, 0.2) is 0 Å². The number of hydrogen-bond donors (Lipinski definition) is 1. The number of piperidine rings is 1. The number of nitrogens with two attached hydrogens (primary N) is 1. The van der Waals surface area contributed by atoms with E-state index >= 15 is 0 Å². The van der Waals surface area contributed by atoms with Crippen LogP contribution in [0.5, 0.6) is 0 Å². The standard InChI is InChI=1S/C17H31N3S/c1-14(2)19-9-7-17(13-18,8-10-19)20(15(3)4)12-16-6-5-11-21-16/h5-6,11,14-15H,7-10,12-13,18H2,1-4H3. The molecule has 0 spiro atoms. The second-order valence-corrected chi connectivity index (χ2v) is 7.89. The normalized spacial score (nSPS) is 19.8.